The number of nitrogens with one attached hydrogen (secondary N) is 2. The van der Waals surface area contributed by atoms with E-state index in [0.717, 1.165) is 25.2 Å². The van der Waals surface area contributed by atoms with Crippen molar-refractivity contribution in [3.8, 4) is 0 Å². The lowest BCUT2D eigenvalue weighted by Gasteiger charge is -2.40. The van der Waals surface area contributed by atoms with Crippen LogP contribution in [0, 0.1) is 6.92 Å². The molecule has 2 fully saturated rings. The highest BCUT2D eigenvalue weighted by Crippen LogP contribution is 2.55. The Morgan fingerprint density at radius 1 is 1.09 bits per heavy atom. The Bertz CT molecular complexity index is 1040. The third kappa shape index (κ3) is 4.36. The van der Waals surface area contributed by atoms with E-state index in [4.69, 9.17) is 0 Å². The van der Waals surface area contributed by atoms with Gasteiger partial charge >= 0.3 is 0 Å². The Hall–Kier alpha value is -2.17. The first-order valence-corrected chi connectivity index (χ1v) is 13.2. The number of benzene rings is 2. The molecule has 174 valence electrons. The molecule has 2 aromatic carbocycles. The number of anilines is 1. The minimum absolute atomic E-state index is 0.128. The first-order chi connectivity index (χ1) is 15.9. The van der Waals surface area contributed by atoms with E-state index in [1.54, 1.807) is 0 Å². The number of hydrogen-bond donors (Lipinski definition) is 2. The molecule has 3 aliphatic rings. The predicted molar refractivity (Wildman–Crippen MR) is 142 cm³/mol. The third-order valence-electron chi connectivity index (χ3n) is 8.00. The number of likely N-dealkylation sites (tertiary alicyclic amines) is 1. The molecule has 4 heteroatoms. The van der Waals surface area contributed by atoms with Crippen molar-refractivity contribution in [1.82, 2.24) is 10.2 Å². The molecule has 1 aliphatic carbocycles. The number of hydrogen-bond acceptors (Lipinski definition) is 4. The third-order valence-corrected chi connectivity index (χ3v) is 9.55. The van der Waals surface area contributed by atoms with Crippen LogP contribution in [-0.2, 0) is 11.8 Å². The second-order valence-corrected chi connectivity index (χ2v) is 11.6. The normalized spacial score (nSPS) is 20.4. The van der Waals surface area contributed by atoms with E-state index in [0.29, 0.717) is 0 Å². The van der Waals surface area contributed by atoms with E-state index >= 15 is 0 Å². The molecule has 2 heterocycles. The van der Waals surface area contributed by atoms with Gasteiger partial charge in [-0.15, -0.1) is 11.8 Å². The van der Waals surface area contributed by atoms with Gasteiger partial charge in [0.15, 0.2) is 0 Å². The minimum Gasteiger partial charge on any atom is -0.391 e. The molecule has 0 unspecified atom stereocenters. The van der Waals surface area contributed by atoms with Gasteiger partial charge in [-0.2, -0.15) is 0 Å². The topological polar surface area (TPSA) is 27.3 Å². The molecule has 2 N–H and O–H groups in total. The van der Waals surface area contributed by atoms with Gasteiger partial charge in [0.1, 0.15) is 0 Å². The molecule has 0 atom stereocenters. The lowest BCUT2D eigenvalue weighted by molar-refractivity contribution is 0.179. The van der Waals surface area contributed by atoms with Gasteiger partial charge in [0, 0.05) is 34.4 Å². The van der Waals surface area contributed by atoms with E-state index in [9.17, 15) is 0 Å². The Kier molecular flexibility index (Phi) is 6.09. The quantitative estimate of drug-likeness (QED) is 0.487. The number of piperidine rings is 1. The Morgan fingerprint density at radius 3 is 2.48 bits per heavy atom. The molecular weight excluding hydrogens is 422 g/mol. The van der Waals surface area contributed by atoms with Crippen LogP contribution in [-0.4, -0.2) is 36.3 Å². The zero-order chi connectivity index (χ0) is 23.1. The van der Waals surface area contributed by atoms with Gasteiger partial charge in [0.2, 0.25) is 0 Å². The zero-order valence-electron chi connectivity index (χ0n) is 20.2. The summed E-state index contributed by atoms with van der Waals surface area (Å²) in [5.41, 5.74) is 8.02. The van der Waals surface area contributed by atoms with Gasteiger partial charge < -0.3 is 15.5 Å². The van der Waals surface area contributed by atoms with Crippen LogP contribution in [0.3, 0.4) is 0 Å². The molecule has 0 aromatic heterocycles. The van der Waals surface area contributed by atoms with Crippen molar-refractivity contribution in [2.45, 2.75) is 60.5 Å². The summed E-state index contributed by atoms with van der Waals surface area (Å²) in [5, 5.41) is 6.83. The van der Waals surface area contributed by atoms with Crippen LogP contribution in [0.1, 0.15) is 48.8 Å². The smallest absolute Gasteiger partial charge is 0.0597 e. The van der Waals surface area contributed by atoms with E-state index in [1.807, 2.05) is 18.8 Å². The van der Waals surface area contributed by atoms with Gasteiger partial charge in [0.05, 0.1) is 4.75 Å². The van der Waals surface area contributed by atoms with E-state index in [-0.39, 0.29) is 10.2 Å². The van der Waals surface area contributed by atoms with Crippen LogP contribution in [0.4, 0.5) is 5.69 Å². The number of nitrogens with zero attached hydrogens (tertiary/aromatic N) is 1. The molecular formula is C29H37N3S. The van der Waals surface area contributed by atoms with Gasteiger partial charge in [-0.05, 0) is 94.4 Å². The fourth-order valence-electron chi connectivity index (χ4n) is 5.60. The highest BCUT2D eigenvalue weighted by Gasteiger charge is 2.46. The minimum atomic E-state index is 0.128. The van der Waals surface area contributed by atoms with Gasteiger partial charge in [0.25, 0.3) is 0 Å². The molecule has 2 aromatic rings. The molecule has 1 spiro atoms. The summed E-state index contributed by atoms with van der Waals surface area (Å²) in [4.78, 5) is 4.01. The van der Waals surface area contributed by atoms with Crippen LogP contribution in [0.25, 0.3) is 0 Å². The monoisotopic (exact) mass is 459 g/mol. The van der Waals surface area contributed by atoms with Crippen molar-refractivity contribution in [3.63, 3.8) is 0 Å². The Balaban J connectivity index is 1.11. The number of fused-ring (bicyclic) bond motifs is 2. The highest BCUT2D eigenvalue weighted by molar-refractivity contribution is 8.01. The molecule has 0 amide bonds. The summed E-state index contributed by atoms with van der Waals surface area (Å²) in [5.74, 6) is 0. The summed E-state index contributed by atoms with van der Waals surface area (Å²) in [6.07, 6.45) is 7.16. The second kappa shape index (κ2) is 8.88. The Morgan fingerprint density at radius 2 is 1.82 bits per heavy atom. The molecule has 0 bridgehead atoms. The highest BCUT2D eigenvalue weighted by atomic mass is 32.2. The first-order valence-electron chi connectivity index (χ1n) is 12.4. The summed E-state index contributed by atoms with van der Waals surface area (Å²) >= 11 is 1.97. The van der Waals surface area contributed by atoms with Gasteiger partial charge in [-0.3, -0.25) is 0 Å². The molecule has 2 aliphatic heterocycles. The zero-order valence-corrected chi connectivity index (χ0v) is 21.0. The molecule has 3 nitrogen and oxygen atoms in total. The first kappa shape index (κ1) is 22.6. The predicted octanol–water partition coefficient (Wildman–Crippen LogP) is 6.26. The van der Waals surface area contributed by atoms with E-state index < -0.39 is 0 Å². The van der Waals surface area contributed by atoms with Crippen LogP contribution in [0.5, 0.6) is 0 Å². The van der Waals surface area contributed by atoms with Crippen molar-refractivity contribution in [2.75, 3.05) is 32.0 Å². The maximum atomic E-state index is 4.41. The van der Waals surface area contributed by atoms with Crippen molar-refractivity contribution < 1.29 is 0 Å². The van der Waals surface area contributed by atoms with Crippen LogP contribution in [0.15, 0.2) is 71.9 Å². The Labute approximate surface area is 203 Å². The van der Waals surface area contributed by atoms with Crippen molar-refractivity contribution >= 4 is 17.4 Å². The summed E-state index contributed by atoms with van der Waals surface area (Å²) in [7, 11) is 1.98. The number of allylic oxidation sites excluding steroid dienone is 1. The number of rotatable bonds is 8. The molecule has 33 heavy (non-hydrogen) atoms. The molecule has 5 rings (SSSR count). The van der Waals surface area contributed by atoms with Gasteiger partial charge in [-0.1, -0.05) is 43.0 Å². The SMILES string of the molecule is C=C(NC)C1(Sc2ccc(CCCN3CCC4(CC3)C(=C)Nc3ccc(C)cc34)cc2)CC1. The average Bonchev–Trinajstić information content (AvgIpc) is 3.56. The number of aryl methyl sites for hydroxylation is 2. The standard InChI is InChI=1S/C29H37N3S/c1-21-7-12-27-26(20-21)28(22(2)31-27)15-18-32(19-16-28)17-5-6-24-8-10-25(11-9-24)33-29(13-14-29)23(3)30-4/h7-12,20,30-31H,2-3,5-6,13-19H2,1,4H3. The van der Waals surface area contributed by atoms with E-state index in [1.165, 1.54) is 71.6 Å². The van der Waals surface area contributed by atoms with Crippen molar-refractivity contribution in [3.05, 3.63) is 83.7 Å². The summed E-state index contributed by atoms with van der Waals surface area (Å²) in [6.45, 7) is 14.3. The fraction of sp³-hybridized carbons (Fsp3) is 0.448. The second-order valence-electron chi connectivity index (χ2n) is 10.1. The summed E-state index contributed by atoms with van der Waals surface area (Å²) < 4.78 is 0.223. The molecule has 1 saturated heterocycles. The molecule has 1 saturated carbocycles. The van der Waals surface area contributed by atoms with E-state index in [2.05, 4.69) is 78.1 Å². The largest absolute Gasteiger partial charge is 0.391 e. The fourth-order valence-corrected chi connectivity index (χ4v) is 6.86. The lowest BCUT2D eigenvalue weighted by atomic mass is 9.72. The number of thioether (sulfide) groups is 1. The molecule has 0 radical (unpaired) electrons. The van der Waals surface area contributed by atoms with Crippen molar-refractivity contribution in [1.29, 1.82) is 0 Å². The lowest BCUT2D eigenvalue weighted by Crippen LogP contribution is -2.43. The average molecular weight is 460 g/mol. The summed E-state index contributed by atoms with van der Waals surface area (Å²) in [6, 6.07) is 16.0. The van der Waals surface area contributed by atoms with Crippen LogP contribution >= 0.6 is 11.8 Å². The van der Waals surface area contributed by atoms with Gasteiger partial charge in [-0.25, -0.2) is 0 Å². The maximum Gasteiger partial charge on any atom is 0.0597 e. The van der Waals surface area contributed by atoms with Crippen molar-refractivity contribution in [2.24, 2.45) is 0 Å². The van der Waals surface area contributed by atoms with Crippen LogP contribution in [0.2, 0.25) is 0 Å². The maximum absolute atomic E-state index is 4.41. The van der Waals surface area contributed by atoms with Crippen LogP contribution < -0.4 is 10.6 Å².